The lowest BCUT2D eigenvalue weighted by atomic mass is 10.1. The summed E-state index contributed by atoms with van der Waals surface area (Å²) in [4.78, 5) is 17.1. The Kier molecular flexibility index (Phi) is 4.50. The highest BCUT2D eigenvalue weighted by Gasteiger charge is 2.15. The number of aromatic nitrogens is 3. The molecule has 0 bridgehead atoms. The normalized spacial score (nSPS) is 10.9. The number of benzene rings is 2. The Morgan fingerprint density at radius 1 is 1.18 bits per heavy atom. The van der Waals surface area contributed by atoms with Gasteiger partial charge in [-0.15, -0.1) is 0 Å². The molecular weight excluding hydrogens is 350 g/mol. The second-order valence-electron chi connectivity index (χ2n) is 6.74. The molecule has 0 atom stereocenters. The van der Waals surface area contributed by atoms with Gasteiger partial charge in [0, 0.05) is 28.9 Å². The molecule has 0 fully saturated rings. The number of hydrogen-bond acceptors (Lipinski definition) is 4. The molecule has 0 aliphatic rings. The number of nitrogens with zero attached hydrogens (tertiary/aromatic N) is 4. The molecule has 0 unspecified atom stereocenters. The summed E-state index contributed by atoms with van der Waals surface area (Å²) in [5, 5.41) is 18.6. The van der Waals surface area contributed by atoms with E-state index in [4.69, 9.17) is 0 Å². The topological polar surface area (TPSA) is 83.1 Å². The van der Waals surface area contributed by atoms with Crippen molar-refractivity contribution in [3.63, 3.8) is 0 Å². The number of amides is 1. The Balaban J connectivity index is 1.54. The predicted octanol–water partition coefficient (Wildman–Crippen LogP) is 3.94. The summed E-state index contributed by atoms with van der Waals surface area (Å²) in [7, 11) is 0. The zero-order valence-electron chi connectivity index (χ0n) is 15.7. The van der Waals surface area contributed by atoms with Crippen molar-refractivity contribution in [2.24, 2.45) is 0 Å². The maximum atomic E-state index is 12.6. The zero-order chi connectivity index (χ0) is 19.7. The van der Waals surface area contributed by atoms with Gasteiger partial charge >= 0.3 is 0 Å². The third-order valence-corrected chi connectivity index (χ3v) is 4.99. The summed E-state index contributed by atoms with van der Waals surface area (Å²) in [5.74, 6) is -0.0478. The molecule has 6 heteroatoms. The van der Waals surface area contributed by atoms with Gasteiger partial charge in [-0.2, -0.15) is 10.4 Å². The molecule has 2 aromatic carbocycles. The summed E-state index contributed by atoms with van der Waals surface area (Å²) >= 11 is 0. The summed E-state index contributed by atoms with van der Waals surface area (Å²) < 4.78 is 1.67. The number of nitriles is 1. The summed E-state index contributed by atoms with van der Waals surface area (Å²) in [6.07, 6.45) is 2.41. The van der Waals surface area contributed by atoms with Crippen molar-refractivity contribution in [3.8, 4) is 6.07 Å². The van der Waals surface area contributed by atoms with Crippen LogP contribution in [0.3, 0.4) is 0 Å². The Morgan fingerprint density at radius 2 is 1.96 bits per heavy atom. The Morgan fingerprint density at radius 3 is 2.79 bits per heavy atom. The van der Waals surface area contributed by atoms with Crippen LogP contribution in [0.15, 0.2) is 48.7 Å². The van der Waals surface area contributed by atoms with Gasteiger partial charge in [0.2, 0.25) is 5.91 Å². The second kappa shape index (κ2) is 7.12. The first-order chi connectivity index (χ1) is 13.6. The van der Waals surface area contributed by atoms with Crippen molar-refractivity contribution in [1.29, 1.82) is 5.26 Å². The standard InChI is InChI=1S/C22H19N5O/c1-14-18(15(2)27-22(25-14)17(12-23)13-24-27)10-11-21(28)26-20-9-5-7-16-6-3-4-8-19(16)20/h3-9,13H,10-11H2,1-2H3,(H,26,28). The predicted molar refractivity (Wildman–Crippen MR) is 108 cm³/mol. The minimum atomic E-state index is -0.0478. The first-order valence-corrected chi connectivity index (χ1v) is 9.10. The largest absolute Gasteiger partial charge is 0.326 e. The molecule has 4 rings (SSSR count). The van der Waals surface area contributed by atoms with Crippen molar-refractivity contribution < 1.29 is 4.79 Å². The van der Waals surface area contributed by atoms with Gasteiger partial charge in [0.05, 0.1) is 6.20 Å². The van der Waals surface area contributed by atoms with Crippen LogP contribution in [0.25, 0.3) is 16.4 Å². The molecule has 0 aliphatic heterocycles. The number of rotatable bonds is 4. The minimum Gasteiger partial charge on any atom is -0.326 e. The lowest BCUT2D eigenvalue weighted by molar-refractivity contribution is -0.116. The van der Waals surface area contributed by atoms with E-state index in [9.17, 15) is 10.1 Å². The minimum absolute atomic E-state index is 0.0478. The Hall–Kier alpha value is -3.72. The van der Waals surface area contributed by atoms with Gasteiger partial charge in [-0.05, 0) is 37.3 Å². The van der Waals surface area contributed by atoms with Crippen LogP contribution < -0.4 is 5.32 Å². The van der Waals surface area contributed by atoms with E-state index < -0.39 is 0 Å². The van der Waals surface area contributed by atoms with Crippen LogP contribution in [0.2, 0.25) is 0 Å². The molecule has 2 heterocycles. The molecule has 0 radical (unpaired) electrons. The lowest BCUT2D eigenvalue weighted by Gasteiger charge is -2.12. The molecule has 4 aromatic rings. The molecule has 0 spiro atoms. The molecule has 138 valence electrons. The van der Waals surface area contributed by atoms with E-state index in [1.807, 2.05) is 56.3 Å². The average Bonchev–Trinajstić information content (AvgIpc) is 3.11. The van der Waals surface area contributed by atoms with Crippen LogP contribution in [-0.2, 0) is 11.2 Å². The van der Waals surface area contributed by atoms with Crippen molar-refractivity contribution in [3.05, 3.63) is 71.2 Å². The lowest BCUT2D eigenvalue weighted by Crippen LogP contribution is -2.14. The molecule has 0 saturated carbocycles. The smallest absolute Gasteiger partial charge is 0.224 e. The monoisotopic (exact) mass is 369 g/mol. The van der Waals surface area contributed by atoms with Gasteiger partial charge < -0.3 is 5.32 Å². The van der Waals surface area contributed by atoms with Crippen molar-refractivity contribution >= 4 is 28.0 Å². The maximum Gasteiger partial charge on any atom is 0.224 e. The van der Waals surface area contributed by atoms with Crippen molar-refractivity contribution in [2.45, 2.75) is 26.7 Å². The van der Waals surface area contributed by atoms with Crippen LogP contribution in [0.4, 0.5) is 5.69 Å². The number of anilines is 1. The summed E-state index contributed by atoms with van der Waals surface area (Å²) in [5.41, 5.74) is 4.53. The highest BCUT2D eigenvalue weighted by atomic mass is 16.1. The van der Waals surface area contributed by atoms with E-state index in [0.29, 0.717) is 24.1 Å². The maximum absolute atomic E-state index is 12.6. The molecular formula is C22H19N5O. The fourth-order valence-electron chi connectivity index (χ4n) is 3.54. The van der Waals surface area contributed by atoms with Crippen molar-refractivity contribution in [1.82, 2.24) is 14.6 Å². The number of fused-ring (bicyclic) bond motifs is 2. The second-order valence-corrected chi connectivity index (χ2v) is 6.74. The van der Waals surface area contributed by atoms with Crippen LogP contribution >= 0.6 is 0 Å². The molecule has 1 amide bonds. The molecule has 0 aliphatic carbocycles. The van der Waals surface area contributed by atoms with Gasteiger partial charge in [0.25, 0.3) is 0 Å². The van der Waals surface area contributed by atoms with E-state index in [1.165, 1.54) is 6.20 Å². The van der Waals surface area contributed by atoms with E-state index in [-0.39, 0.29) is 5.91 Å². The van der Waals surface area contributed by atoms with E-state index >= 15 is 0 Å². The highest BCUT2D eigenvalue weighted by Crippen LogP contribution is 2.23. The first kappa shape index (κ1) is 17.7. The fourth-order valence-corrected chi connectivity index (χ4v) is 3.54. The summed E-state index contributed by atoms with van der Waals surface area (Å²) in [6.45, 7) is 3.84. The zero-order valence-corrected chi connectivity index (χ0v) is 15.7. The number of carbonyl (C=O) groups is 1. The highest BCUT2D eigenvalue weighted by molar-refractivity contribution is 6.02. The molecule has 28 heavy (non-hydrogen) atoms. The number of nitrogens with one attached hydrogen (secondary N) is 1. The van der Waals surface area contributed by atoms with Crippen LogP contribution in [-0.4, -0.2) is 20.5 Å². The van der Waals surface area contributed by atoms with Crippen LogP contribution in [0, 0.1) is 25.2 Å². The van der Waals surface area contributed by atoms with Crippen molar-refractivity contribution in [2.75, 3.05) is 5.32 Å². The van der Waals surface area contributed by atoms with E-state index in [1.54, 1.807) is 4.52 Å². The Bertz CT molecular complexity index is 1240. The first-order valence-electron chi connectivity index (χ1n) is 9.10. The van der Waals surface area contributed by atoms with Gasteiger partial charge in [0.1, 0.15) is 11.6 Å². The van der Waals surface area contributed by atoms with Gasteiger partial charge in [-0.3, -0.25) is 4.79 Å². The van der Waals surface area contributed by atoms with E-state index in [2.05, 4.69) is 21.5 Å². The van der Waals surface area contributed by atoms with Gasteiger partial charge in [0.15, 0.2) is 5.65 Å². The number of hydrogen-bond donors (Lipinski definition) is 1. The van der Waals surface area contributed by atoms with Crippen LogP contribution in [0.5, 0.6) is 0 Å². The molecule has 2 aromatic heterocycles. The Labute approximate surface area is 162 Å². The van der Waals surface area contributed by atoms with Gasteiger partial charge in [-0.25, -0.2) is 9.50 Å². The van der Waals surface area contributed by atoms with E-state index in [0.717, 1.165) is 33.4 Å². The quantitative estimate of drug-likeness (QED) is 0.590. The third kappa shape index (κ3) is 3.08. The average molecular weight is 369 g/mol. The summed E-state index contributed by atoms with van der Waals surface area (Å²) in [6, 6.07) is 16.0. The molecule has 0 saturated heterocycles. The third-order valence-electron chi connectivity index (χ3n) is 4.99. The van der Waals surface area contributed by atoms with Gasteiger partial charge in [-0.1, -0.05) is 36.4 Å². The fraction of sp³-hybridized carbons (Fsp3) is 0.182. The number of aryl methyl sites for hydroxylation is 2. The molecule has 6 nitrogen and oxygen atoms in total. The van der Waals surface area contributed by atoms with Crippen LogP contribution in [0.1, 0.15) is 28.9 Å². The SMILES string of the molecule is Cc1nc2c(C#N)cnn2c(C)c1CCC(=O)Nc1cccc2ccccc12. The molecule has 1 N–H and O–H groups in total. The number of carbonyl (C=O) groups excluding carboxylic acids is 1.